The number of hydrogen-bond acceptors (Lipinski definition) is 3. The van der Waals surface area contributed by atoms with Crippen LogP contribution in [0.4, 0.5) is 0 Å². The van der Waals surface area contributed by atoms with Gasteiger partial charge in [0.2, 0.25) is 5.91 Å². The lowest BCUT2D eigenvalue weighted by Crippen LogP contribution is -2.44. The first-order valence-electron chi connectivity index (χ1n) is 7.09. The Labute approximate surface area is 123 Å². The van der Waals surface area contributed by atoms with E-state index in [0.717, 1.165) is 39.1 Å². The monoisotopic (exact) mass is 292 g/mol. The Balaban J connectivity index is 0.00000324. The zero-order chi connectivity index (χ0) is 13.5. The van der Waals surface area contributed by atoms with Gasteiger partial charge < -0.3 is 15.0 Å². The molecule has 5 heteroatoms. The molecule has 1 N–H and O–H groups in total. The van der Waals surface area contributed by atoms with Crippen molar-refractivity contribution in [2.75, 3.05) is 33.3 Å². The summed E-state index contributed by atoms with van der Waals surface area (Å²) in [6.07, 6.45) is 2.30. The van der Waals surface area contributed by atoms with Crippen LogP contribution in [0, 0.1) is 11.8 Å². The fourth-order valence-electron chi connectivity index (χ4n) is 2.28. The van der Waals surface area contributed by atoms with Gasteiger partial charge in [0.15, 0.2) is 0 Å². The van der Waals surface area contributed by atoms with Crippen LogP contribution in [0.3, 0.4) is 0 Å². The Hall–Kier alpha value is -0.320. The third kappa shape index (κ3) is 6.59. The van der Waals surface area contributed by atoms with Crippen LogP contribution in [0.5, 0.6) is 0 Å². The highest BCUT2D eigenvalue weighted by atomic mass is 35.5. The molecular weight excluding hydrogens is 264 g/mol. The lowest BCUT2D eigenvalue weighted by atomic mass is 10.0. The molecule has 1 heterocycles. The van der Waals surface area contributed by atoms with Gasteiger partial charge in [-0.25, -0.2) is 0 Å². The van der Waals surface area contributed by atoms with Crippen LogP contribution in [-0.2, 0) is 9.53 Å². The van der Waals surface area contributed by atoms with Crippen molar-refractivity contribution in [1.29, 1.82) is 0 Å². The second-order valence-corrected chi connectivity index (χ2v) is 5.71. The Morgan fingerprint density at radius 2 is 1.89 bits per heavy atom. The molecule has 114 valence electrons. The average molecular weight is 293 g/mol. The van der Waals surface area contributed by atoms with Gasteiger partial charge in [-0.1, -0.05) is 20.8 Å². The Morgan fingerprint density at radius 1 is 1.32 bits per heavy atom. The topological polar surface area (TPSA) is 41.6 Å². The molecule has 0 spiro atoms. The summed E-state index contributed by atoms with van der Waals surface area (Å²) in [5.41, 5.74) is 0. The van der Waals surface area contributed by atoms with Gasteiger partial charge in [0.25, 0.3) is 0 Å². The first-order valence-corrected chi connectivity index (χ1v) is 7.09. The molecule has 1 amide bonds. The van der Waals surface area contributed by atoms with E-state index in [4.69, 9.17) is 4.74 Å². The number of amides is 1. The van der Waals surface area contributed by atoms with Crippen molar-refractivity contribution in [3.8, 4) is 0 Å². The fraction of sp³-hybridized carbons (Fsp3) is 0.929. The third-order valence-electron chi connectivity index (χ3n) is 3.35. The van der Waals surface area contributed by atoms with Crippen LogP contribution in [0.1, 0.15) is 33.6 Å². The van der Waals surface area contributed by atoms with Crippen LogP contribution >= 0.6 is 12.4 Å². The second-order valence-electron chi connectivity index (χ2n) is 5.71. The summed E-state index contributed by atoms with van der Waals surface area (Å²) in [7, 11) is 1.88. The minimum Gasteiger partial charge on any atom is -0.378 e. The van der Waals surface area contributed by atoms with Gasteiger partial charge in [0.05, 0.1) is 6.10 Å². The van der Waals surface area contributed by atoms with Gasteiger partial charge in [-0.2, -0.15) is 0 Å². The minimum absolute atomic E-state index is 0. The van der Waals surface area contributed by atoms with E-state index in [9.17, 15) is 4.79 Å². The lowest BCUT2D eigenvalue weighted by Gasteiger charge is -2.33. The van der Waals surface area contributed by atoms with Crippen molar-refractivity contribution in [1.82, 2.24) is 10.2 Å². The van der Waals surface area contributed by atoms with Crippen molar-refractivity contribution >= 4 is 18.3 Å². The van der Waals surface area contributed by atoms with Gasteiger partial charge in [0, 0.05) is 32.2 Å². The van der Waals surface area contributed by atoms with Gasteiger partial charge in [-0.3, -0.25) is 4.79 Å². The van der Waals surface area contributed by atoms with E-state index in [2.05, 4.69) is 19.2 Å². The van der Waals surface area contributed by atoms with Crippen LogP contribution in [0.2, 0.25) is 0 Å². The highest BCUT2D eigenvalue weighted by molar-refractivity contribution is 5.85. The number of rotatable bonds is 6. The number of halogens is 1. The molecule has 0 radical (unpaired) electrons. The summed E-state index contributed by atoms with van der Waals surface area (Å²) >= 11 is 0. The molecule has 1 saturated heterocycles. The SMILES string of the molecule is CNCC(C)C(=O)N1CCC(OCC(C)C)CC1.Cl. The van der Waals surface area contributed by atoms with E-state index in [1.165, 1.54) is 0 Å². The molecule has 1 aliphatic rings. The van der Waals surface area contributed by atoms with Crippen LogP contribution in [0.25, 0.3) is 0 Å². The van der Waals surface area contributed by atoms with Crippen molar-refractivity contribution in [3.05, 3.63) is 0 Å². The smallest absolute Gasteiger partial charge is 0.226 e. The largest absolute Gasteiger partial charge is 0.378 e. The lowest BCUT2D eigenvalue weighted by molar-refractivity contribution is -0.137. The van der Waals surface area contributed by atoms with Crippen LogP contribution in [-0.4, -0.2) is 50.2 Å². The first-order chi connectivity index (χ1) is 8.54. The molecule has 1 atom stereocenters. The summed E-state index contributed by atoms with van der Waals surface area (Å²) in [5.74, 6) is 0.926. The predicted octanol–water partition coefficient (Wildman–Crippen LogP) is 1.93. The Bertz CT molecular complexity index is 254. The number of nitrogens with one attached hydrogen (secondary N) is 1. The molecule has 0 bridgehead atoms. The summed E-state index contributed by atoms with van der Waals surface area (Å²) in [4.78, 5) is 14.1. The minimum atomic E-state index is 0. The van der Waals surface area contributed by atoms with Crippen molar-refractivity contribution in [2.24, 2.45) is 11.8 Å². The predicted molar refractivity (Wildman–Crippen MR) is 80.7 cm³/mol. The second kappa shape index (κ2) is 9.56. The van der Waals surface area contributed by atoms with E-state index < -0.39 is 0 Å². The molecule has 1 aliphatic heterocycles. The van der Waals surface area contributed by atoms with Crippen LogP contribution < -0.4 is 5.32 Å². The number of carbonyl (C=O) groups excluding carboxylic acids is 1. The molecular formula is C14H29ClN2O2. The maximum absolute atomic E-state index is 12.1. The molecule has 4 nitrogen and oxygen atoms in total. The van der Waals surface area contributed by atoms with Crippen molar-refractivity contribution < 1.29 is 9.53 Å². The summed E-state index contributed by atoms with van der Waals surface area (Å²) in [6, 6.07) is 0. The molecule has 0 aromatic rings. The summed E-state index contributed by atoms with van der Waals surface area (Å²) < 4.78 is 5.83. The maximum Gasteiger partial charge on any atom is 0.226 e. The average Bonchev–Trinajstić information content (AvgIpc) is 2.36. The molecule has 0 saturated carbocycles. The van der Waals surface area contributed by atoms with Gasteiger partial charge in [0.1, 0.15) is 0 Å². The number of piperidine rings is 1. The van der Waals surface area contributed by atoms with E-state index in [1.807, 2.05) is 18.9 Å². The third-order valence-corrected chi connectivity index (χ3v) is 3.35. The van der Waals surface area contributed by atoms with E-state index in [0.29, 0.717) is 12.0 Å². The van der Waals surface area contributed by atoms with Crippen molar-refractivity contribution in [2.45, 2.75) is 39.7 Å². The summed E-state index contributed by atoms with van der Waals surface area (Å²) in [6.45, 7) is 9.58. The highest BCUT2D eigenvalue weighted by Crippen LogP contribution is 2.16. The number of ether oxygens (including phenoxy) is 1. The van der Waals surface area contributed by atoms with Gasteiger partial charge >= 0.3 is 0 Å². The first kappa shape index (κ1) is 18.7. The molecule has 0 aromatic heterocycles. The van der Waals surface area contributed by atoms with Crippen molar-refractivity contribution in [3.63, 3.8) is 0 Å². The number of likely N-dealkylation sites (tertiary alicyclic amines) is 1. The Morgan fingerprint density at radius 3 is 2.37 bits per heavy atom. The number of nitrogens with zero attached hydrogens (tertiary/aromatic N) is 1. The Kier molecular flexibility index (Phi) is 9.40. The molecule has 19 heavy (non-hydrogen) atoms. The highest BCUT2D eigenvalue weighted by Gasteiger charge is 2.25. The van der Waals surface area contributed by atoms with Gasteiger partial charge in [-0.15, -0.1) is 12.4 Å². The van der Waals surface area contributed by atoms with E-state index in [1.54, 1.807) is 0 Å². The molecule has 0 aromatic carbocycles. The summed E-state index contributed by atoms with van der Waals surface area (Å²) in [5, 5.41) is 3.06. The normalized spacial score (nSPS) is 18.3. The molecule has 1 unspecified atom stereocenters. The van der Waals surface area contributed by atoms with E-state index in [-0.39, 0.29) is 24.2 Å². The fourth-order valence-corrected chi connectivity index (χ4v) is 2.28. The maximum atomic E-state index is 12.1. The quantitative estimate of drug-likeness (QED) is 0.813. The number of carbonyl (C=O) groups is 1. The molecule has 1 fully saturated rings. The van der Waals surface area contributed by atoms with Gasteiger partial charge in [-0.05, 0) is 25.8 Å². The molecule has 1 rings (SSSR count). The number of hydrogen-bond donors (Lipinski definition) is 1. The zero-order valence-corrected chi connectivity index (χ0v) is 13.5. The standard InChI is InChI=1S/C14H28N2O2.ClH/c1-11(2)10-18-13-5-7-16(8-6-13)14(17)12(3)9-15-4;/h11-13,15H,5-10H2,1-4H3;1H. The van der Waals surface area contributed by atoms with E-state index >= 15 is 0 Å². The zero-order valence-electron chi connectivity index (χ0n) is 12.6. The molecule has 0 aliphatic carbocycles. The van der Waals surface area contributed by atoms with Crippen LogP contribution in [0.15, 0.2) is 0 Å².